The summed E-state index contributed by atoms with van der Waals surface area (Å²) in [4.78, 5) is 29.4. The smallest absolute Gasteiger partial charge is 0.331 e. The highest BCUT2D eigenvalue weighted by atomic mass is 16.6. The summed E-state index contributed by atoms with van der Waals surface area (Å²) in [5.74, 6) is 0.892. The third-order valence-electron chi connectivity index (χ3n) is 10.7. The summed E-state index contributed by atoms with van der Waals surface area (Å²) in [6.07, 6.45) is 4.03. The van der Waals surface area contributed by atoms with Crippen LogP contribution in [0.2, 0.25) is 0 Å². The third kappa shape index (κ3) is 6.23. The predicted octanol–water partition coefficient (Wildman–Crippen LogP) is 5.63. The molecule has 11 heteroatoms. The standard InChI is InChI=1S/C38H48N2O9/c1-21(2)40-28-18-24(43-3)10-11-25(28)26-13-14-39-20-23-17-32(37(47-7)34(38(42)48-8)27(23)19-29(39)35(26)40)49-33(41)12-9-22-15-30(44-4)36(46-6)31(16-22)45-5/h9-12,15-16,18,21,23,27,29,32,34,37H,13-14,17,19-20H2,1-8H3/b12-9+/t23-,27+,29-,32-,34+,37+/m1/s1. The second-order valence-electron chi connectivity index (χ2n) is 13.4. The van der Waals surface area contributed by atoms with E-state index in [1.807, 2.05) is 6.07 Å². The number of piperidine rings is 1. The van der Waals surface area contributed by atoms with Crippen molar-refractivity contribution in [2.24, 2.45) is 17.8 Å². The molecular weight excluding hydrogens is 628 g/mol. The fourth-order valence-electron chi connectivity index (χ4n) is 8.64. The highest BCUT2D eigenvalue weighted by Crippen LogP contribution is 2.52. The van der Waals surface area contributed by atoms with E-state index in [4.69, 9.17) is 33.2 Å². The van der Waals surface area contributed by atoms with Gasteiger partial charge in [-0.05, 0) is 86.4 Å². The first-order valence-electron chi connectivity index (χ1n) is 16.9. The highest BCUT2D eigenvalue weighted by Gasteiger charge is 2.54. The number of benzene rings is 2. The van der Waals surface area contributed by atoms with Crippen LogP contribution in [0.4, 0.5) is 0 Å². The lowest BCUT2D eigenvalue weighted by molar-refractivity contribution is -0.187. The van der Waals surface area contributed by atoms with E-state index in [-0.39, 0.29) is 29.9 Å². The molecule has 49 heavy (non-hydrogen) atoms. The maximum Gasteiger partial charge on any atom is 0.331 e. The Morgan fingerprint density at radius 1 is 0.918 bits per heavy atom. The first-order chi connectivity index (χ1) is 23.7. The molecule has 6 rings (SSSR count). The number of methoxy groups -OCH3 is 6. The Morgan fingerprint density at radius 2 is 1.65 bits per heavy atom. The Bertz CT molecular complexity index is 1700. The minimum absolute atomic E-state index is 0.0116. The fraction of sp³-hybridized carbons (Fsp3) is 0.526. The highest BCUT2D eigenvalue weighted by molar-refractivity contribution is 5.88. The molecule has 1 saturated heterocycles. The number of fused-ring (bicyclic) bond motifs is 6. The van der Waals surface area contributed by atoms with Crippen LogP contribution in [0.25, 0.3) is 17.0 Å². The van der Waals surface area contributed by atoms with Crippen LogP contribution in [0.3, 0.4) is 0 Å². The van der Waals surface area contributed by atoms with Crippen molar-refractivity contribution in [3.63, 3.8) is 0 Å². The lowest BCUT2D eigenvalue weighted by Crippen LogP contribution is -2.58. The van der Waals surface area contributed by atoms with Crippen molar-refractivity contribution in [3.05, 3.63) is 53.2 Å². The van der Waals surface area contributed by atoms with E-state index in [1.54, 1.807) is 32.4 Å². The molecule has 264 valence electrons. The van der Waals surface area contributed by atoms with Gasteiger partial charge in [0.2, 0.25) is 5.75 Å². The Labute approximate surface area is 288 Å². The molecule has 0 spiro atoms. The van der Waals surface area contributed by atoms with Gasteiger partial charge in [0, 0.05) is 49.5 Å². The summed E-state index contributed by atoms with van der Waals surface area (Å²) in [5.41, 5.74) is 4.56. The molecule has 1 aromatic heterocycles. The first-order valence-corrected chi connectivity index (χ1v) is 16.9. The molecule has 0 bridgehead atoms. The van der Waals surface area contributed by atoms with Gasteiger partial charge in [-0.3, -0.25) is 9.69 Å². The van der Waals surface area contributed by atoms with Crippen molar-refractivity contribution < 1.29 is 42.7 Å². The predicted molar refractivity (Wildman–Crippen MR) is 184 cm³/mol. The molecule has 2 aromatic carbocycles. The van der Waals surface area contributed by atoms with Gasteiger partial charge in [-0.25, -0.2) is 4.79 Å². The van der Waals surface area contributed by atoms with Gasteiger partial charge < -0.3 is 37.7 Å². The number of hydrogen-bond acceptors (Lipinski definition) is 10. The SMILES string of the molecule is COC(=O)[C@H]1[C@H]2C[C@@H]3c4c(c5ccc(OC)cc5n4C(C)C)CCN3C[C@H]2C[C@@H](OC(=O)/C=C/c2cc(OC)c(OC)c(OC)c2)[C@@H]1OC. The second-order valence-corrected chi connectivity index (χ2v) is 13.4. The molecule has 1 aliphatic carbocycles. The zero-order valence-corrected chi connectivity index (χ0v) is 29.7. The summed E-state index contributed by atoms with van der Waals surface area (Å²) < 4.78 is 41.8. The minimum atomic E-state index is -0.651. The maximum atomic E-state index is 13.6. The Morgan fingerprint density at radius 3 is 2.27 bits per heavy atom. The van der Waals surface area contributed by atoms with Gasteiger partial charge in [-0.15, -0.1) is 0 Å². The average Bonchev–Trinajstić information content (AvgIpc) is 3.46. The summed E-state index contributed by atoms with van der Waals surface area (Å²) in [5, 5.41) is 1.26. The summed E-state index contributed by atoms with van der Waals surface area (Å²) in [6, 6.07) is 10.2. The molecule has 0 amide bonds. The van der Waals surface area contributed by atoms with Gasteiger partial charge in [0.05, 0.1) is 53.0 Å². The number of carbonyl (C=O) groups is 2. The number of esters is 2. The Kier molecular flexibility index (Phi) is 10.1. The van der Waals surface area contributed by atoms with Crippen LogP contribution < -0.4 is 18.9 Å². The summed E-state index contributed by atoms with van der Waals surface area (Å²) in [6.45, 7) is 6.15. The van der Waals surface area contributed by atoms with E-state index in [0.29, 0.717) is 29.2 Å². The van der Waals surface area contributed by atoms with Crippen molar-refractivity contribution in [2.75, 3.05) is 55.7 Å². The minimum Gasteiger partial charge on any atom is -0.497 e. The zero-order valence-electron chi connectivity index (χ0n) is 29.7. The molecule has 6 atom stereocenters. The van der Waals surface area contributed by atoms with E-state index in [9.17, 15) is 9.59 Å². The Hall–Kier alpha value is -4.22. The van der Waals surface area contributed by atoms with Crippen molar-refractivity contribution in [1.29, 1.82) is 0 Å². The lowest BCUT2D eigenvalue weighted by atomic mass is 9.63. The molecule has 11 nitrogen and oxygen atoms in total. The van der Waals surface area contributed by atoms with Crippen LogP contribution in [0.5, 0.6) is 23.0 Å². The van der Waals surface area contributed by atoms with E-state index in [2.05, 4.69) is 35.4 Å². The fourth-order valence-corrected chi connectivity index (χ4v) is 8.64. The first kappa shape index (κ1) is 34.6. The van der Waals surface area contributed by atoms with E-state index in [0.717, 1.165) is 31.7 Å². The van der Waals surface area contributed by atoms with Crippen LogP contribution in [0, 0.1) is 17.8 Å². The maximum absolute atomic E-state index is 13.6. The van der Waals surface area contributed by atoms with Gasteiger partial charge in [-0.1, -0.05) is 0 Å². The molecule has 2 fully saturated rings. The largest absolute Gasteiger partial charge is 0.497 e. The number of hydrogen-bond donors (Lipinski definition) is 0. The molecule has 0 N–H and O–H groups in total. The molecule has 0 unspecified atom stereocenters. The normalized spacial score (nSPS) is 25.0. The van der Waals surface area contributed by atoms with Gasteiger partial charge in [0.15, 0.2) is 11.5 Å². The molecule has 3 aliphatic rings. The topological polar surface area (TPSA) is 107 Å². The number of aromatic nitrogens is 1. The molecule has 3 heterocycles. The molecule has 0 radical (unpaired) electrons. The Balaban J connectivity index is 1.28. The monoisotopic (exact) mass is 676 g/mol. The summed E-state index contributed by atoms with van der Waals surface area (Å²) in [7, 11) is 9.30. The van der Waals surface area contributed by atoms with Crippen LogP contribution in [-0.2, 0) is 30.2 Å². The number of rotatable bonds is 10. The van der Waals surface area contributed by atoms with E-state index >= 15 is 0 Å². The van der Waals surface area contributed by atoms with E-state index < -0.39 is 24.1 Å². The van der Waals surface area contributed by atoms with Crippen LogP contribution in [0.15, 0.2) is 36.4 Å². The molecular formula is C38H48N2O9. The van der Waals surface area contributed by atoms with Gasteiger partial charge in [0.25, 0.3) is 0 Å². The van der Waals surface area contributed by atoms with Crippen molar-refractivity contribution in [1.82, 2.24) is 9.47 Å². The molecule has 1 saturated carbocycles. The zero-order chi connectivity index (χ0) is 35.0. The van der Waals surface area contributed by atoms with Gasteiger partial charge in [-0.2, -0.15) is 0 Å². The van der Waals surface area contributed by atoms with Crippen LogP contribution >= 0.6 is 0 Å². The third-order valence-corrected chi connectivity index (χ3v) is 10.7. The lowest BCUT2D eigenvalue weighted by Gasteiger charge is -2.53. The van der Waals surface area contributed by atoms with Crippen LogP contribution in [0.1, 0.15) is 55.6 Å². The molecule has 3 aromatic rings. The van der Waals surface area contributed by atoms with Crippen molar-refractivity contribution in [2.45, 2.75) is 57.4 Å². The number of nitrogens with zero attached hydrogens (tertiary/aromatic N) is 2. The van der Waals surface area contributed by atoms with Gasteiger partial charge in [0.1, 0.15) is 18.0 Å². The van der Waals surface area contributed by atoms with E-state index in [1.165, 1.54) is 56.7 Å². The van der Waals surface area contributed by atoms with Crippen LogP contribution in [-0.4, -0.2) is 89.4 Å². The second kappa shape index (κ2) is 14.3. The van der Waals surface area contributed by atoms with Crippen molar-refractivity contribution >= 4 is 28.9 Å². The van der Waals surface area contributed by atoms with Crippen molar-refractivity contribution in [3.8, 4) is 23.0 Å². The summed E-state index contributed by atoms with van der Waals surface area (Å²) >= 11 is 0. The average molecular weight is 677 g/mol. The van der Waals surface area contributed by atoms with Gasteiger partial charge >= 0.3 is 11.9 Å². The number of ether oxygens (including phenoxy) is 7. The molecule has 2 aliphatic heterocycles. The quantitative estimate of drug-likeness (QED) is 0.198. The number of carbonyl (C=O) groups excluding carboxylic acids is 2.